The summed E-state index contributed by atoms with van der Waals surface area (Å²) in [5.41, 5.74) is 0. The Bertz CT molecular complexity index is 332. The summed E-state index contributed by atoms with van der Waals surface area (Å²) in [7, 11) is 1.63. The van der Waals surface area contributed by atoms with Crippen LogP contribution in [-0.2, 0) is 14.3 Å². The van der Waals surface area contributed by atoms with Crippen LogP contribution in [0, 0.1) is 11.8 Å². The lowest BCUT2D eigenvalue weighted by atomic mass is 9.80. The van der Waals surface area contributed by atoms with Crippen molar-refractivity contribution in [2.45, 2.75) is 52.0 Å². The summed E-state index contributed by atoms with van der Waals surface area (Å²) in [6, 6.07) is 0.169. The van der Waals surface area contributed by atoms with E-state index >= 15 is 0 Å². The summed E-state index contributed by atoms with van der Waals surface area (Å²) in [4.78, 5) is 25.6. The minimum Gasteiger partial charge on any atom is -0.481 e. The number of aliphatic carboxylic acids is 1. The van der Waals surface area contributed by atoms with E-state index in [1.54, 1.807) is 7.11 Å². The number of rotatable bonds is 7. The molecule has 3 atom stereocenters. The fraction of sp³-hybridized carbons (Fsp3) is 0.867. The van der Waals surface area contributed by atoms with Gasteiger partial charge in [-0.2, -0.15) is 0 Å². The maximum atomic E-state index is 12.7. The van der Waals surface area contributed by atoms with Crippen LogP contribution in [0.4, 0.5) is 0 Å². The van der Waals surface area contributed by atoms with E-state index in [1.165, 1.54) is 0 Å². The molecule has 0 radical (unpaired) electrons. The quantitative estimate of drug-likeness (QED) is 0.778. The number of carbonyl (C=O) groups excluding carboxylic acids is 1. The molecular formula is C15H27NO4. The van der Waals surface area contributed by atoms with Gasteiger partial charge in [0, 0.05) is 25.6 Å². The van der Waals surface area contributed by atoms with Crippen LogP contribution in [-0.4, -0.2) is 48.2 Å². The van der Waals surface area contributed by atoms with Crippen molar-refractivity contribution in [2.24, 2.45) is 11.8 Å². The standard InChI is InChI=1S/C15H27NO4/c1-4-11(2)16(8-9-20-3)14(17)12-6-5-7-13(10-12)15(18)19/h11-13H,4-10H2,1-3H3,(H,18,19). The number of ether oxygens (including phenoxy) is 1. The first-order valence-corrected chi connectivity index (χ1v) is 7.53. The van der Waals surface area contributed by atoms with Gasteiger partial charge < -0.3 is 14.7 Å². The van der Waals surface area contributed by atoms with Gasteiger partial charge in [0.25, 0.3) is 0 Å². The Balaban J connectivity index is 2.69. The number of carboxylic acid groups (broad SMARTS) is 1. The minimum absolute atomic E-state index is 0.0994. The molecule has 1 fully saturated rings. The Morgan fingerprint density at radius 2 is 2.00 bits per heavy atom. The van der Waals surface area contributed by atoms with Gasteiger partial charge in [-0.25, -0.2) is 0 Å². The van der Waals surface area contributed by atoms with Gasteiger partial charge in [0.2, 0.25) is 5.91 Å². The van der Waals surface area contributed by atoms with Gasteiger partial charge in [-0.05, 0) is 32.6 Å². The lowest BCUT2D eigenvalue weighted by molar-refractivity contribution is -0.146. The van der Waals surface area contributed by atoms with Crippen molar-refractivity contribution in [3.8, 4) is 0 Å². The van der Waals surface area contributed by atoms with Gasteiger partial charge in [0.1, 0.15) is 0 Å². The smallest absolute Gasteiger partial charge is 0.306 e. The maximum absolute atomic E-state index is 12.7. The fourth-order valence-electron chi connectivity index (χ4n) is 2.83. The van der Waals surface area contributed by atoms with Crippen LogP contribution in [0.3, 0.4) is 0 Å². The van der Waals surface area contributed by atoms with Gasteiger partial charge in [0.15, 0.2) is 0 Å². The first kappa shape index (κ1) is 17.0. The summed E-state index contributed by atoms with van der Waals surface area (Å²) in [5, 5.41) is 9.13. The third-order valence-corrected chi connectivity index (χ3v) is 4.31. The van der Waals surface area contributed by atoms with E-state index < -0.39 is 5.97 Å². The number of hydrogen-bond acceptors (Lipinski definition) is 3. The van der Waals surface area contributed by atoms with Crippen LogP contribution in [0.15, 0.2) is 0 Å². The van der Waals surface area contributed by atoms with Crippen LogP contribution >= 0.6 is 0 Å². The predicted molar refractivity (Wildman–Crippen MR) is 76.4 cm³/mol. The maximum Gasteiger partial charge on any atom is 0.306 e. The van der Waals surface area contributed by atoms with E-state index in [1.807, 2.05) is 11.8 Å². The average Bonchev–Trinajstić information content (AvgIpc) is 2.47. The third-order valence-electron chi connectivity index (χ3n) is 4.31. The van der Waals surface area contributed by atoms with Gasteiger partial charge >= 0.3 is 5.97 Å². The SMILES string of the molecule is CCC(C)N(CCOC)C(=O)C1CCCC(C(=O)O)C1. The Hall–Kier alpha value is -1.10. The Morgan fingerprint density at radius 1 is 1.35 bits per heavy atom. The van der Waals surface area contributed by atoms with Crippen LogP contribution in [0.1, 0.15) is 46.0 Å². The summed E-state index contributed by atoms with van der Waals surface area (Å²) >= 11 is 0. The number of hydrogen-bond donors (Lipinski definition) is 1. The Kier molecular flexibility index (Phi) is 6.99. The summed E-state index contributed by atoms with van der Waals surface area (Å²) < 4.78 is 5.08. The fourth-order valence-corrected chi connectivity index (χ4v) is 2.83. The molecule has 0 aromatic rings. The van der Waals surface area contributed by atoms with E-state index in [9.17, 15) is 9.59 Å². The van der Waals surface area contributed by atoms with E-state index in [4.69, 9.17) is 9.84 Å². The van der Waals surface area contributed by atoms with Crippen molar-refractivity contribution in [1.29, 1.82) is 0 Å². The molecule has 1 aliphatic carbocycles. The van der Waals surface area contributed by atoms with Crippen molar-refractivity contribution in [3.05, 3.63) is 0 Å². The van der Waals surface area contributed by atoms with Gasteiger partial charge in [-0.1, -0.05) is 13.3 Å². The largest absolute Gasteiger partial charge is 0.481 e. The highest BCUT2D eigenvalue weighted by Gasteiger charge is 2.34. The molecule has 5 heteroatoms. The van der Waals surface area contributed by atoms with Crippen molar-refractivity contribution in [3.63, 3.8) is 0 Å². The molecule has 0 saturated heterocycles. The molecule has 1 saturated carbocycles. The van der Waals surface area contributed by atoms with Gasteiger partial charge in [-0.3, -0.25) is 9.59 Å². The van der Waals surface area contributed by atoms with Gasteiger partial charge in [-0.15, -0.1) is 0 Å². The van der Waals surface area contributed by atoms with Crippen LogP contribution in [0.25, 0.3) is 0 Å². The zero-order valence-electron chi connectivity index (χ0n) is 12.8. The molecule has 0 aromatic carbocycles. The summed E-state index contributed by atoms with van der Waals surface area (Å²) in [5.74, 6) is -1.17. The Labute approximate surface area is 121 Å². The van der Waals surface area contributed by atoms with Crippen molar-refractivity contribution in [2.75, 3.05) is 20.3 Å². The second-order valence-electron chi connectivity index (χ2n) is 5.68. The van der Waals surface area contributed by atoms with Crippen LogP contribution in [0.5, 0.6) is 0 Å². The molecule has 20 heavy (non-hydrogen) atoms. The van der Waals surface area contributed by atoms with E-state index in [-0.39, 0.29) is 23.8 Å². The minimum atomic E-state index is -0.769. The molecule has 5 nitrogen and oxygen atoms in total. The molecule has 1 rings (SSSR count). The molecular weight excluding hydrogens is 258 g/mol. The number of carboxylic acids is 1. The molecule has 1 N–H and O–H groups in total. The summed E-state index contributed by atoms with van der Waals surface area (Å²) in [6.45, 7) is 5.19. The van der Waals surface area contributed by atoms with Crippen molar-refractivity contribution >= 4 is 11.9 Å². The number of methoxy groups -OCH3 is 1. The van der Waals surface area contributed by atoms with Gasteiger partial charge in [0.05, 0.1) is 12.5 Å². The van der Waals surface area contributed by atoms with Crippen LogP contribution < -0.4 is 0 Å². The summed E-state index contributed by atoms with van der Waals surface area (Å²) in [6.07, 6.45) is 3.70. The highest BCUT2D eigenvalue weighted by molar-refractivity contribution is 5.80. The van der Waals surface area contributed by atoms with Crippen molar-refractivity contribution < 1.29 is 19.4 Å². The second-order valence-corrected chi connectivity index (χ2v) is 5.68. The highest BCUT2D eigenvalue weighted by atomic mass is 16.5. The highest BCUT2D eigenvalue weighted by Crippen LogP contribution is 2.31. The Morgan fingerprint density at radius 3 is 2.55 bits per heavy atom. The van der Waals surface area contributed by atoms with Crippen LogP contribution in [0.2, 0.25) is 0 Å². The predicted octanol–water partition coefficient (Wildman–Crippen LogP) is 2.15. The molecule has 116 valence electrons. The van der Waals surface area contributed by atoms with Crippen molar-refractivity contribution in [1.82, 2.24) is 4.90 Å². The van der Waals surface area contributed by atoms with E-state index in [2.05, 4.69) is 6.92 Å². The van der Waals surface area contributed by atoms with E-state index in [0.717, 1.165) is 19.3 Å². The zero-order chi connectivity index (χ0) is 15.1. The normalized spacial score (nSPS) is 24.1. The topological polar surface area (TPSA) is 66.8 Å². The third kappa shape index (κ3) is 4.47. The number of carbonyl (C=O) groups is 2. The molecule has 1 aliphatic rings. The first-order valence-electron chi connectivity index (χ1n) is 7.53. The second kappa shape index (κ2) is 8.25. The lowest BCUT2D eigenvalue weighted by Gasteiger charge is -2.34. The monoisotopic (exact) mass is 285 g/mol. The molecule has 0 spiro atoms. The molecule has 0 bridgehead atoms. The van der Waals surface area contributed by atoms with E-state index in [0.29, 0.717) is 26.0 Å². The number of amides is 1. The molecule has 0 heterocycles. The molecule has 0 aromatic heterocycles. The number of nitrogens with zero attached hydrogens (tertiary/aromatic N) is 1. The molecule has 0 aliphatic heterocycles. The molecule has 3 unspecified atom stereocenters. The first-order chi connectivity index (χ1) is 9.51. The molecule has 1 amide bonds. The zero-order valence-corrected chi connectivity index (χ0v) is 12.8. The average molecular weight is 285 g/mol. The lowest BCUT2D eigenvalue weighted by Crippen LogP contribution is -2.45.